The van der Waals surface area contributed by atoms with E-state index in [9.17, 15) is 14.0 Å². The molecule has 2 atom stereocenters. The second-order valence-corrected chi connectivity index (χ2v) is 6.96. The van der Waals surface area contributed by atoms with Gasteiger partial charge >= 0.3 is 0 Å². The summed E-state index contributed by atoms with van der Waals surface area (Å²) in [7, 11) is 0. The van der Waals surface area contributed by atoms with Crippen LogP contribution in [0.25, 0.3) is 0 Å². The van der Waals surface area contributed by atoms with Crippen molar-refractivity contribution in [3.63, 3.8) is 0 Å². The van der Waals surface area contributed by atoms with Crippen LogP contribution in [-0.4, -0.2) is 35.6 Å². The van der Waals surface area contributed by atoms with E-state index in [1.807, 2.05) is 36.4 Å². The number of hydrogen-bond donors (Lipinski definition) is 4. The van der Waals surface area contributed by atoms with Gasteiger partial charge < -0.3 is 20.9 Å². The van der Waals surface area contributed by atoms with Gasteiger partial charge in [0.2, 0.25) is 0 Å². The van der Waals surface area contributed by atoms with Crippen LogP contribution in [0.4, 0.5) is 23.1 Å². The average Bonchev–Trinajstić information content (AvgIpc) is 2.74. The third-order valence-electron chi connectivity index (χ3n) is 3.96. The number of pyridine rings is 1. The van der Waals surface area contributed by atoms with E-state index in [1.54, 1.807) is 13.0 Å². The van der Waals surface area contributed by atoms with Crippen LogP contribution in [-0.2, 0) is 11.1 Å². The maximum absolute atomic E-state index is 11.6. The number of nitrogens with zero attached hydrogens (tertiary/aromatic N) is 5. The van der Waals surface area contributed by atoms with Crippen LogP contribution < -0.4 is 16.4 Å². The van der Waals surface area contributed by atoms with E-state index in [0.29, 0.717) is 5.84 Å². The molecule has 2 aromatic heterocycles. The summed E-state index contributed by atoms with van der Waals surface area (Å²) in [6, 6.07) is 13.8. The van der Waals surface area contributed by atoms with Gasteiger partial charge in [-0.05, 0) is 31.2 Å². The molecule has 30 heavy (non-hydrogen) atoms. The van der Waals surface area contributed by atoms with E-state index in [2.05, 4.69) is 30.6 Å². The molecule has 2 heterocycles. The monoisotopic (exact) mass is 422 g/mol. The number of benzene rings is 1. The molecule has 0 fully saturated rings. The van der Waals surface area contributed by atoms with Gasteiger partial charge in [0, 0.05) is 11.9 Å². The molecular weight excluding hydrogens is 404 g/mol. The molecule has 1 aromatic carbocycles. The average molecular weight is 422 g/mol. The number of anilines is 3. The topological polar surface area (TPSA) is 162 Å². The lowest BCUT2D eigenvalue weighted by Crippen LogP contribution is -2.33. The number of rotatable bonds is 6. The molecule has 0 saturated heterocycles. The van der Waals surface area contributed by atoms with Gasteiger partial charge in [-0.25, -0.2) is 24.2 Å². The standard InChI is InChI=1S/C19H18N8O2S/c1-12(25-18-14(10-20)16(21)23-11-24-18)17(26-13-6-3-2-4-7-13)27-19-15(30(28)29)8-5-9-22-19/h2-9,11-12H,1H3,(H,28,29)(H,22,26,27)(H3,21,23,24,25). The molecule has 0 bridgehead atoms. The van der Waals surface area contributed by atoms with Crippen molar-refractivity contribution in [2.75, 3.05) is 16.4 Å². The minimum Gasteiger partial charge on any atom is -0.382 e. The highest BCUT2D eigenvalue weighted by atomic mass is 32.2. The van der Waals surface area contributed by atoms with Gasteiger partial charge in [0.1, 0.15) is 40.3 Å². The number of aliphatic imine (C=N–C) groups is 1. The minimum atomic E-state index is -2.26. The van der Waals surface area contributed by atoms with E-state index in [-0.39, 0.29) is 27.9 Å². The largest absolute Gasteiger partial charge is 0.382 e. The Morgan fingerprint density at radius 1 is 1.23 bits per heavy atom. The third-order valence-corrected chi connectivity index (χ3v) is 4.66. The summed E-state index contributed by atoms with van der Waals surface area (Å²) < 4.78 is 21.2. The zero-order valence-corrected chi connectivity index (χ0v) is 16.7. The van der Waals surface area contributed by atoms with Crippen molar-refractivity contribution in [3.8, 4) is 6.07 Å². The van der Waals surface area contributed by atoms with Crippen molar-refractivity contribution >= 4 is 40.1 Å². The van der Waals surface area contributed by atoms with Gasteiger partial charge in [-0.15, -0.1) is 0 Å². The molecule has 2 unspecified atom stereocenters. The van der Waals surface area contributed by atoms with Gasteiger partial charge in [-0.2, -0.15) is 5.26 Å². The molecule has 152 valence electrons. The fourth-order valence-corrected chi connectivity index (χ4v) is 2.96. The van der Waals surface area contributed by atoms with Crippen LogP contribution in [0.3, 0.4) is 0 Å². The normalized spacial score (nSPS) is 13.2. The number of nitrogens with two attached hydrogens (primary N) is 1. The van der Waals surface area contributed by atoms with E-state index in [1.165, 1.54) is 18.6 Å². The van der Waals surface area contributed by atoms with Gasteiger partial charge in [0.25, 0.3) is 0 Å². The van der Waals surface area contributed by atoms with Crippen molar-refractivity contribution < 1.29 is 8.76 Å². The van der Waals surface area contributed by atoms with Gasteiger partial charge in [-0.1, -0.05) is 18.2 Å². The third kappa shape index (κ3) is 4.93. The Kier molecular flexibility index (Phi) is 6.63. The lowest BCUT2D eigenvalue weighted by Gasteiger charge is -2.19. The fraction of sp³-hybridized carbons (Fsp3) is 0.105. The predicted molar refractivity (Wildman–Crippen MR) is 115 cm³/mol. The lowest BCUT2D eigenvalue weighted by atomic mass is 10.2. The molecule has 0 amide bonds. The van der Waals surface area contributed by atoms with E-state index in [4.69, 9.17) is 5.73 Å². The molecule has 3 rings (SSSR count). The number of nitrogens with one attached hydrogen (secondary N) is 2. The summed E-state index contributed by atoms with van der Waals surface area (Å²) in [4.78, 5) is 16.5. The Morgan fingerprint density at radius 3 is 2.70 bits per heavy atom. The number of hydrogen-bond acceptors (Lipinski definition) is 8. The second-order valence-electron chi connectivity index (χ2n) is 6.02. The Labute approximate surface area is 175 Å². The summed E-state index contributed by atoms with van der Waals surface area (Å²) in [6.07, 6.45) is 2.73. The maximum atomic E-state index is 11.6. The van der Waals surface area contributed by atoms with Crippen molar-refractivity contribution in [1.82, 2.24) is 15.0 Å². The van der Waals surface area contributed by atoms with Crippen LogP contribution >= 0.6 is 0 Å². The fourth-order valence-electron chi connectivity index (χ4n) is 2.51. The summed E-state index contributed by atoms with van der Waals surface area (Å²) in [5, 5.41) is 15.6. The zero-order chi connectivity index (χ0) is 21.5. The molecule has 0 aliphatic carbocycles. The van der Waals surface area contributed by atoms with Crippen LogP contribution in [0, 0.1) is 11.3 Å². The van der Waals surface area contributed by atoms with Crippen molar-refractivity contribution in [2.45, 2.75) is 17.9 Å². The van der Waals surface area contributed by atoms with Crippen LogP contribution in [0.2, 0.25) is 0 Å². The van der Waals surface area contributed by atoms with Gasteiger partial charge in [0.05, 0.1) is 6.04 Å². The molecule has 10 nitrogen and oxygen atoms in total. The lowest BCUT2D eigenvalue weighted by molar-refractivity contribution is 0.564. The zero-order valence-electron chi connectivity index (χ0n) is 15.9. The molecule has 0 aliphatic heterocycles. The first kappa shape index (κ1) is 20.8. The minimum absolute atomic E-state index is 0.0550. The summed E-state index contributed by atoms with van der Waals surface area (Å²) >= 11 is -2.26. The number of para-hydroxylation sites is 1. The second kappa shape index (κ2) is 9.55. The summed E-state index contributed by atoms with van der Waals surface area (Å²) in [5.41, 5.74) is 6.61. The molecule has 3 aromatic rings. The molecule has 0 saturated carbocycles. The van der Waals surface area contributed by atoms with Crippen LogP contribution in [0.5, 0.6) is 0 Å². The van der Waals surface area contributed by atoms with Crippen LogP contribution in [0.1, 0.15) is 12.5 Å². The number of nitriles is 1. The Bertz CT molecular complexity index is 1130. The smallest absolute Gasteiger partial charge is 0.190 e. The highest BCUT2D eigenvalue weighted by molar-refractivity contribution is 7.79. The first-order chi connectivity index (χ1) is 14.5. The van der Waals surface area contributed by atoms with E-state index < -0.39 is 17.1 Å². The molecule has 5 N–H and O–H groups in total. The molecule has 0 aliphatic rings. The highest BCUT2D eigenvalue weighted by Crippen LogP contribution is 2.21. The SMILES string of the molecule is CC(Nc1ncnc(N)c1C#N)C(=Nc1ncccc1S(=O)O)Nc1ccccc1. The van der Waals surface area contributed by atoms with Crippen LogP contribution in [0.15, 0.2) is 64.9 Å². The number of aromatic nitrogens is 3. The Balaban J connectivity index is 2.01. The first-order valence-corrected chi connectivity index (χ1v) is 9.84. The Hall–Kier alpha value is -3.88. The molecule has 0 spiro atoms. The molecular formula is C19H18N8O2S. The summed E-state index contributed by atoms with van der Waals surface area (Å²) in [6.45, 7) is 1.78. The van der Waals surface area contributed by atoms with Crippen molar-refractivity contribution in [1.29, 1.82) is 5.26 Å². The Morgan fingerprint density at radius 2 is 2.00 bits per heavy atom. The quantitative estimate of drug-likeness (QED) is 0.265. The van der Waals surface area contributed by atoms with Crippen molar-refractivity contribution in [2.24, 2.45) is 4.99 Å². The van der Waals surface area contributed by atoms with E-state index >= 15 is 0 Å². The van der Waals surface area contributed by atoms with E-state index in [0.717, 1.165) is 5.69 Å². The first-order valence-electron chi connectivity index (χ1n) is 8.73. The van der Waals surface area contributed by atoms with Crippen molar-refractivity contribution in [3.05, 3.63) is 60.6 Å². The maximum Gasteiger partial charge on any atom is 0.190 e. The molecule has 11 heteroatoms. The van der Waals surface area contributed by atoms with Gasteiger partial charge in [-0.3, -0.25) is 0 Å². The number of amidine groups is 1. The summed E-state index contributed by atoms with van der Waals surface area (Å²) in [5.74, 6) is 0.771. The molecule has 0 radical (unpaired) electrons. The highest BCUT2D eigenvalue weighted by Gasteiger charge is 2.18. The van der Waals surface area contributed by atoms with Gasteiger partial charge in [0.15, 0.2) is 16.9 Å². The number of nitrogen functional groups attached to an aromatic ring is 1. The predicted octanol–water partition coefficient (Wildman–Crippen LogP) is 2.55.